The Morgan fingerprint density at radius 3 is 1.62 bits per heavy atom. The Balaban J connectivity index is 1.50. The van der Waals surface area contributed by atoms with Crippen molar-refractivity contribution in [3.63, 3.8) is 0 Å². The Bertz CT molecular complexity index is 2900. The molecule has 9 rings (SSSR count). The minimum atomic E-state index is -0.397. The molecule has 0 saturated heterocycles. The number of hydrogen-bond donors (Lipinski definition) is 0. The number of fused-ring (bicyclic) bond motifs is 5. The zero-order valence-electron chi connectivity index (χ0n) is 31.0. The van der Waals surface area contributed by atoms with E-state index in [0.717, 1.165) is 21.9 Å². The maximum Gasteiger partial charge on any atom is 0.135 e. The number of rotatable bonds is 4. The molecule has 0 aliphatic rings. The summed E-state index contributed by atoms with van der Waals surface area (Å²) in [6.07, 6.45) is 0. The Morgan fingerprint density at radius 2 is 0.889 bits per heavy atom. The predicted octanol–water partition coefficient (Wildman–Crippen LogP) is 12.6. The second-order valence-electron chi connectivity index (χ2n) is 11.1. The highest BCUT2D eigenvalue weighted by Crippen LogP contribution is 2.46. The van der Waals surface area contributed by atoms with E-state index in [1.165, 1.54) is 0 Å². The second kappa shape index (κ2) is 10.4. The number of furan rings is 1. The Hall–Kier alpha value is -5.92. The molecule has 9 aromatic rings. The zero-order chi connectivity index (χ0) is 35.8. The molecule has 1 nitrogen and oxygen atoms in total. The van der Waals surface area contributed by atoms with Crippen LogP contribution in [0, 0.1) is 0 Å². The molecular formula is C44H28O. The zero-order valence-corrected chi connectivity index (χ0v) is 24.0. The van der Waals surface area contributed by atoms with Crippen LogP contribution in [-0.2, 0) is 0 Å². The summed E-state index contributed by atoms with van der Waals surface area (Å²) in [5.41, 5.74) is 6.24. The first kappa shape index (κ1) is 19.4. The fourth-order valence-corrected chi connectivity index (χ4v) is 6.39. The summed E-state index contributed by atoms with van der Waals surface area (Å²) < 4.78 is 71.3. The summed E-state index contributed by atoms with van der Waals surface area (Å²) in [5.74, 6) is 0. The monoisotopic (exact) mass is 579 g/mol. The van der Waals surface area contributed by atoms with E-state index < -0.39 is 12.1 Å². The van der Waals surface area contributed by atoms with E-state index in [-0.39, 0.29) is 51.9 Å². The van der Waals surface area contributed by atoms with Crippen LogP contribution in [0.4, 0.5) is 0 Å². The topological polar surface area (TPSA) is 13.1 Å². The van der Waals surface area contributed by atoms with Crippen molar-refractivity contribution in [2.45, 2.75) is 0 Å². The third-order valence-corrected chi connectivity index (χ3v) is 8.51. The summed E-state index contributed by atoms with van der Waals surface area (Å²) in [5, 5.41) is 2.80. The summed E-state index contributed by atoms with van der Waals surface area (Å²) in [6, 6.07) is 38.5. The van der Waals surface area contributed by atoms with E-state index >= 15 is 0 Å². The summed E-state index contributed by atoms with van der Waals surface area (Å²) >= 11 is 0. The maximum absolute atomic E-state index is 9.86. The van der Waals surface area contributed by atoms with Gasteiger partial charge in [-0.15, -0.1) is 0 Å². The first-order chi connectivity index (χ1) is 25.2. The van der Waals surface area contributed by atoms with E-state index in [9.17, 15) is 6.85 Å². The molecule has 8 aromatic carbocycles. The molecule has 0 fully saturated rings. The Morgan fingerprint density at radius 1 is 0.356 bits per heavy atom. The highest BCUT2D eigenvalue weighted by molar-refractivity contribution is 6.22. The molecule has 1 heteroatoms. The minimum absolute atomic E-state index is 0.00538. The minimum Gasteiger partial charge on any atom is -0.456 e. The molecule has 0 radical (unpaired) electrons. The lowest BCUT2D eigenvalue weighted by molar-refractivity contribution is 0.669. The lowest BCUT2D eigenvalue weighted by Crippen LogP contribution is -1.92. The molecule has 45 heavy (non-hydrogen) atoms. The van der Waals surface area contributed by atoms with Crippen LogP contribution >= 0.6 is 0 Å². The smallest absolute Gasteiger partial charge is 0.135 e. The first-order valence-electron chi connectivity index (χ1n) is 18.4. The molecule has 0 saturated carbocycles. The molecule has 0 aliphatic carbocycles. The lowest BCUT2D eigenvalue weighted by atomic mass is 9.84. The van der Waals surface area contributed by atoms with Gasteiger partial charge in [-0.25, -0.2) is 0 Å². The van der Waals surface area contributed by atoms with Gasteiger partial charge in [-0.2, -0.15) is 0 Å². The average molecular weight is 580 g/mol. The van der Waals surface area contributed by atoms with Gasteiger partial charge in [-0.1, -0.05) is 145 Å². The van der Waals surface area contributed by atoms with Crippen LogP contribution in [0.3, 0.4) is 0 Å². The number of hydrogen-bond acceptors (Lipinski definition) is 1. The molecule has 0 atom stereocenters. The summed E-state index contributed by atoms with van der Waals surface area (Å²) in [7, 11) is 0. The molecule has 0 aliphatic heterocycles. The fraction of sp³-hybridized carbons (Fsp3) is 0. The van der Waals surface area contributed by atoms with E-state index in [4.69, 9.17) is 7.16 Å². The second-order valence-corrected chi connectivity index (χ2v) is 11.1. The van der Waals surface area contributed by atoms with Gasteiger partial charge in [-0.3, -0.25) is 0 Å². The van der Waals surface area contributed by atoms with Gasteiger partial charge in [0.05, 0.1) is 9.60 Å². The van der Waals surface area contributed by atoms with E-state index in [1.54, 1.807) is 0 Å². The summed E-state index contributed by atoms with van der Waals surface area (Å²) in [6.45, 7) is 0. The van der Waals surface area contributed by atoms with Crippen LogP contribution in [0.2, 0.25) is 0 Å². The van der Waals surface area contributed by atoms with Gasteiger partial charge >= 0.3 is 0 Å². The normalized spacial score (nSPS) is 13.7. The van der Waals surface area contributed by atoms with E-state index in [2.05, 4.69) is 0 Å². The molecule has 0 unspecified atom stereocenters. The Labute approximate surface area is 271 Å². The van der Waals surface area contributed by atoms with Crippen molar-refractivity contribution in [3.8, 4) is 44.5 Å². The van der Waals surface area contributed by atoms with Gasteiger partial charge in [-0.05, 0) is 90.3 Å². The van der Waals surface area contributed by atoms with Crippen molar-refractivity contribution in [2.75, 3.05) is 0 Å². The molecule has 1 heterocycles. The Kier molecular flexibility index (Phi) is 4.46. The van der Waals surface area contributed by atoms with Gasteiger partial charge in [0.25, 0.3) is 0 Å². The van der Waals surface area contributed by atoms with Gasteiger partial charge in [0.2, 0.25) is 0 Å². The largest absolute Gasteiger partial charge is 0.456 e. The highest BCUT2D eigenvalue weighted by Gasteiger charge is 2.19. The van der Waals surface area contributed by atoms with Gasteiger partial charge in [0.1, 0.15) is 11.2 Å². The van der Waals surface area contributed by atoms with Gasteiger partial charge < -0.3 is 4.42 Å². The van der Waals surface area contributed by atoms with Crippen LogP contribution in [0.5, 0.6) is 0 Å². The maximum atomic E-state index is 9.86. The van der Waals surface area contributed by atoms with Crippen molar-refractivity contribution < 1.29 is 14.0 Å². The molecule has 210 valence electrons. The van der Waals surface area contributed by atoms with Crippen molar-refractivity contribution in [3.05, 3.63) is 170 Å². The van der Waals surface area contributed by atoms with Gasteiger partial charge in [0, 0.05) is 10.8 Å². The third-order valence-electron chi connectivity index (χ3n) is 8.51. The molecule has 1 aromatic heterocycles. The SMILES string of the molecule is [2H]c1c([2H])c([2H])c2c(-c3ccc4oc5ccccc5c4c3)c3c([2H])c(-c4ccccc4)c([2H])c([2H])c3c(-c3ccc(-c4ccccc4)cc3)c2c1[2H]. The average Bonchev–Trinajstić information content (AvgIpc) is 3.56. The van der Waals surface area contributed by atoms with Crippen molar-refractivity contribution in [2.24, 2.45) is 0 Å². The molecule has 0 spiro atoms. The summed E-state index contributed by atoms with van der Waals surface area (Å²) in [4.78, 5) is 0. The third kappa shape index (κ3) is 4.24. The van der Waals surface area contributed by atoms with Crippen molar-refractivity contribution in [1.29, 1.82) is 0 Å². The molecule has 0 amide bonds. The van der Waals surface area contributed by atoms with Crippen LogP contribution in [-0.4, -0.2) is 0 Å². The lowest BCUT2D eigenvalue weighted by Gasteiger charge is -2.19. The molecule has 0 N–H and O–H groups in total. The fourth-order valence-electron chi connectivity index (χ4n) is 6.39. The molecular weight excluding hydrogens is 544 g/mol. The number of para-hydroxylation sites is 1. The first-order valence-corrected chi connectivity index (χ1v) is 14.9. The van der Waals surface area contributed by atoms with E-state index in [0.29, 0.717) is 44.4 Å². The van der Waals surface area contributed by atoms with Crippen LogP contribution < -0.4 is 0 Å². The standard InChI is InChI=1S/C44H28O/c1-3-11-29(12-4-1)31-19-21-32(22-20-31)43-36-16-7-8-17-37(36)44(40-27-33(23-25-38(40)43)30-13-5-2-6-14-30)34-24-26-42-39(28-34)35-15-9-10-18-41(35)45-42/h1-28H/i7D,8D,16D,17D,23D,25D,27D. The number of benzene rings is 8. The highest BCUT2D eigenvalue weighted by atomic mass is 16.3. The van der Waals surface area contributed by atoms with Crippen LogP contribution in [0.15, 0.2) is 174 Å². The van der Waals surface area contributed by atoms with Gasteiger partial charge in [0.15, 0.2) is 0 Å². The quantitative estimate of drug-likeness (QED) is 0.189. The van der Waals surface area contributed by atoms with Crippen LogP contribution in [0.1, 0.15) is 9.60 Å². The van der Waals surface area contributed by atoms with Crippen LogP contribution in [0.25, 0.3) is 88.0 Å². The van der Waals surface area contributed by atoms with E-state index in [1.807, 2.05) is 127 Å². The predicted molar refractivity (Wildman–Crippen MR) is 190 cm³/mol. The van der Waals surface area contributed by atoms with Crippen molar-refractivity contribution >= 4 is 43.5 Å². The van der Waals surface area contributed by atoms with Crippen molar-refractivity contribution in [1.82, 2.24) is 0 Å². The molecule has 0 bridgehead atoms.